The van der Waals surface area contributed by atoms with Crippen LogP contribution in [0.25, 0.3) is 0 Å². The minimum Gasteiger partial charge on any atom is -0.489 e. The third-order valence-corrected chi connectivity index (χ3v) is 5.21. The first kappa shape index (κ1) is 14.0. The summed E-state index contributed by atoms with van der Waals surface area (Å²) in [6, 6.07) is 13.4. The van der Waals surface area contributed by atoms with Gasteiger partial charge in [0.15, 0.2) is 11.6 Å². The van der Waals surface area contributed by atoms with Crippen LogP contribution in [0, 0.1) is 5.82 Å². The summed E-state index contributed by atoms with van der Waals surface area (Å²) >= 11 is 5.18. The largest absolute Gasteiger partial charge is 0.489 e. The number of hydrogen-bond acceptors (Lipinski definition) is 2. The van der Waals surface area contributed by atoms with Crippen molar-refractivity contribution in [2.24, 2.45) is 0 Å². The van der Waals surface area contributed by atoms with E-state index in [0.717, 1.165) is 12.0 Å². The Morgan fingerprint density at radius 1 is 1.20 bits per heavy atom. The third-order valence-electron chi connectivity index (χ3n) is 3.32. The maximum atomic E-state index is 13.8. The van der Waals surface area contributed by atoms with Crippen LogP contribution in [0.4, 0.5) is 4.39 Å². The highest BCUT2D eigenvalue weighted by Gasteiger charge is 2.23. The summed E-state index contributed by atoms with van der Waals surface area (Å²) < 4.78 is 19.6. The van der Waals surface area contributed by atoms with E-state index in [1.54, 1.807) is 6.07 Å². The van der Waals surface area contributed by atoms with E-state index in [4.69, 9.17) is 4.74 Å². The highest BCUT2D eigenvalue weighted by molar-refractivity contribution is 9.08. The fraction of sp³-hybridized carbons (Fsp3) is 0.250. The molecule has 1 atom stereocenters. The number of para-hydroxylation sites is 1. The van der Waals surface area contributed by atoms with Crippen molar-refractivity contribution >= 4 is 27.7 Å². The molecule has 0 N–H and O–H groups in total. The van der Waals surface area contributed by atoms with Gasteiger partial charge >= 0.3 is 0 Å². The molecule has 0 saturated heterocycles. The lowest BCUT2D eigenvalue weighted by molar-refractivity contribution is 0.299. The fourth-order valence-corrected chi connectivity index (χ4v) is 4.00. The molecule has 20 heavy (non-hydrogen) atoms. The van der Waals surface area contributed by atoms with Crippen molar-refractivity contribution in [2.75, 3.05) is 6.61 Å². The topological polar surface area (TPSA) is 9.23 Å². The Labute approximate surface area is 130 Å². The van der Waals surface area contributed by atoms with E-state index in [0.29, 0.717) is 22.9 Å². The number of rotatable bonds is 4. The minimum absolute atomic E-state index is 0.289. The molecule has 1 aliphatic heterocycles. The van der Waals surface area contributed by atoms with Gasteiger partial charge in [0.05, 0.1) is 0 Å². The fourth-order valence-electron chi connectivity index (χ4n) is 2.34. The normalized spacial score (nSPS) is 17.0. The molecule has 1 aliphatic rings. The Hall–Kier alpha value is -1.00. The maximum absolute atomic E-state index is 13.8. The minimum atomic E-state index is -0.289. The third kappa shape index (κ3) is 2.86. The Bertz CT molecular complexity index is 592. The summed E-state index contributed by atoms with van der Waals surface area (Å²) in [7, 11) is 0. The number of hydrogen-bond donors (Lipinski definition) is 0. The van der Waals surface area contributed by atoms with Crippen LogP contribution in [-0.4, -0.2) is 11.9 Å². The summed E-state index contributed by atoms with van der Waals surface area (Å²) in [5, 5.41) is 0.952. The van der Waals surface area contributed by atoms with Gasteiger partial charge in [-0.2, -0.15) is 0 Å². The van der Waals surface area contributed by atoms with Crippen LogP contribution in [0.1, 0.15) is 11.1 Å². The van der Waals surface area contributed by atoms with Gasteiger partial charge in [0.25, 0.3) is 0 Å². The summed E-state index contributed by atoms with van der Waals surface area (Å²) in [4.78, 5) is 1.32. The van der Waals surface area contributed by atoms with Crippen LogP contribution >= 0.6 is 27.7 Å². The number of fused-ring (bicyclic) bond motifs is 1. The zero-order chi connectivity index (χ0) is 13.9. The molecule has 1 heterocycles. The molecular formula is C16H14BrFOS. The van der Waals surface area contributed by atoms with Gasteiger partial charge in [-0.25, -0.2) is 4.39 Å². The first-order valence-corrected chi connectivity index (χ1v) is 8.48. The first-order chi connectivity index (χ1) is 9.78. The van der Waals surface area contributed by atoms with Gasteiger partial charge in [-0.05, 0) is 24.1 Å². The van der Waals surface area contributed by atoms with Crippen molar-refractivity contribution in [1.29, 1.82) is 0 Å². The second kappa shape index (κ2) is 6.19. The summed E-state index contributed by atoms with van der Waals surface area (Å²) in [5.74, 6) is 0.0865. The number of ether oxygens (including phenoxy) is 1. The van der Waals surface area contributed by atoms with Gasteiger partial charge < -0.3 is 4.74 Å². The summed E-state index contributed by atoms with van der Waals surface area (Å²) in [5.41, 5.74) is 2.21. The van der Waals surface area contributed by atoms with Crippen molar-refractivity contribution in [3.05, 3.63) is 59.4 Å². The van der Waals surface area contributed by atoms with Crippen molar-refractivity contribution < 1.29 is 9.13 Å². The predicted octanol–water partition coefficient (Wildman–Crippen LogP) is 4.82. The van der Waals surface area contributed by atoms with Crippen molar-refractivity contribution in [3.8, 4) is 5.75 Å². The quantitative estimate of drug-likeness (QED) is 0.729. The van der Waals surface area contributed by atoms with Crippen LogP contribution in [0.3, 0.4) is 0 Å². The monoisotopic (exact) mass is 352 g/mol. The highest BCUT2D eigenvalue weighted by Crippen LogP contribution is 2.37. The molecule has 1 nitrogen and oxygen atoms in total. The van der Waals surface area contributed by atoms with Gasteiger partial charge in [0.1, 0.15) is 6.61 Å². The van der Waals surface area contributed by atoms with Gasteiger partial charge in [-0.1, -0.05) is 46.3 Å². The number of alkyl halides is 1. The lowest BCUT2D eigenvalue weighted by Gasteiger charge is -2.14. The Kier molecular flexibility index (Phi) is 4.32. The Morgan fingerprint density at radius 2 is 2.05 bits per heavy atom. The molecule has 4 heteroatoms. The first-order valence-electron chi connectivity index (χ1n) is 6.48. The van der Waals surface area contributed by atoms with Crippen molar-refractivity contribution in [3.63, 3.8) is 0 Å². The molecule has 0 amide bonds. The molecule has 0 aromatic heterocycles. The van der Waals surface area contributed by atoms with E-state index < -0.39 is 0 Å². The Balaban J connectivity index is 1.67. The summed E-state index contributed by atoms with van der Waals surface area (Å²) in [6.45, 7) is 0.528. The molecule has 1 unspecified atom stereocenters. The van der Waals surface area contributed by atoms with Crippen LogP contribution < -0.4 is 4.74 Å². The van der Waals surface area contributed by atoms with Crippen LogP contribution in [0.2, 0.25) is 0 Å². The number of thioether (sulfide) groups is 1. The Morgan fingerprint density at radius 3 is 2.85 bits per heavy atom. The molecule has 0 fully saturated rings. The zero-order valence-electron chi connectivity index (χ0n) is 10.8. The standard InChI is InChI=1S/C16H14BrFOS/c17-9-12-5-3-6-14(18)16(12)19-10-13-8-11-4-1-2-7-15(11)20-13/h1-7,13H,8-10H2. The molecule has 0 aliphatic carbocycles. The van der Waals surface area contributed by atoms with Gasteiger partial charge in [-0.15, -0.1) is 11.8 Å². The lowest BCUT2D eigenvalue weighted by Crippen LogP contribution is -2.14. The van der Waals surface area contributed by atoms with E-state index in [2.05, 4.69) is 40.2 Å². The van der Waals surface area contributed by atoms with Gasteiger partial charge in [0.2, 0.25) is 0 Å². The van der Waals surface area contributed by atoms with Crippen LogP contribution in [0.5, 0.6) is 5.75 Å². The molecule has 104 valence electrons. The number of halogens is 2. The average Bonchev–Trinajstić information content (AvgIpc) is 2.88. The van der Waals surface area contributed by atoms with E-state index in [-0.39, 0.29) is 5.82 Å². The zero-order valence-corrected chi connectivity index (χ0v) is 13.2. The molecule has 3 rings (SSSR count). The van der Waals surface area contributed by atoms with Crippen molar-refractivity contribution in [2.45, 2.75) is 21.9 Å². The second-order valence-corrected chi connectivity index (χ2v) is 6.63. The molecule has 0 radical (unpaired) electrons. The van der Waals surface area contributed by atoms with Crippen LogP contribution in [-0.2, 0) is 11.8 Å². The van der Waals surface area contributed by atoms with E-state index >= 15 is 0 Å². The number of benzene rings is 2. The molecular weight excluding hydrogens is 339 g/mol. The predicted molar refractivity (Wildman–Crippen MR) is 84.3 cm³/mol. The smallest absolute Gasteiger partial charge is 0.165 e. The summed E-state index contributed by atoms with van der Waals surface area (Å²) in [6.07, 6.45) is 0.985. The molecule has 0 saturated carbocycles. The average molecular weight is 353 g/mol. The van der Waals surface area contributed by atoms with E-state index in [1.807, 2.05) is 17.8 Å². The molecule has 0 bridgehead atoms. The lowest BCUT2D eigenvalue weighted by atomic mass is 10.1. The van der Waals surface area contributed by atoms with Gasteiger partial charge in [0, 0.05) is 21.0 Å². The molecule has 2 aromatic carbocycles. The second-order valence-electron chi connectivity index (χ2n) is 4.72. The van der Waals surface area contributed by atoms with E-state index in [1.165, 1.54) is 16.5 Å². The highest BCUT2D eigenvalue weighted by atomic mass is 79.9. The SMILES string of the molecule is Fc1cccc(CBr)c1OCC1Cc2ccccc2S1. The maximum Gasteiger partial charge on any atom is 0.165 e. The van der Waals surface area contributed by atoms with Crippen LogP contribution in [0.15, 0.2) is 47.4 Å². The van der Waals surface area contributed by atoms with Gasteiger partial charge in [-0.3, -0.25) is 0 Å². The van der Waals surface area contributed by atoms with E-state index in [9.17, 15) is 4.39 Å². The van der Waals surface area contributed by atoms with Crippen molar-refractivity contribution in [1.82, 2.24) is 0 Å². The molecule has 2 aromatic rings. The molecule has 0 spiro atoms.